The maximum absolute atomic E-state index is 13.2. The number of ketones is 1. The van der Waals surface area contributed by atoms with E-state index in [4.69, 9.17) is 0 Å². The van der Waals surface area contributed by atoms with Crippen LogP contribution in [0, 0.1) is 11.8 Å². The van der Waals surface area contributed by atoms with Gasteiger partial charge in [-0.1, -0.05) is 24.3 Å². The number of aromatic amines is 1. The number of anilines is 1. The van der Waals surface area contributed by atoms with Crippen LogP contribution in [0.3, 0.4) is 0 Å². The lowest BCUT2D eigenvalue weighted by atomic mass is 9.95. The number of amides is 1. The minimum absolute atomic E-state index is 0.00421. The maximum Gasteiger partial charge on any atom is 0.257 e. The normalized spacial score (nSPS) is 21.4. The zero-order chi connectivity index (χ0) is 23.7. The van der Waals surface area contributed by atoms with Crippen LogP contribution in [0.25, 0.3) is 5.57 Å². The number of sulfone groups is 1. The summed E-state index contributed by atoms with van der Waals surface area (Å²) in [5, 5.41) is 9.42. The van der Waals surface area contributed by atoms with E-state index in [1.54, 1.807) is 30.5 Å². The summed E-state index contributed by atoms with van der Waals surface area (Å²) in [5.74, 6) is 1.08. The number of allylic oxidation sites excluding steroid dienone is 2. The minimum atomic E-state index is -3.46. The smallest absolute Gasteiger partial charge is 0.257 e. The summed E-state index contributed by atoms with van der Waals surface area (Å²) >= 11 is 0. The molecule has 34 heavy (non-hydrogen) atoms. The molecular weight excluding hydrogens is 450 g/mol. The quantitative estimate of drug-likeness (QED) is 0.409. The van der Waals surface area contributed by atoms with E-state index >= 15 is 0 Å². The van der Waals surface area contributed by atoms with Gasteiger partial charge < -0.3 is 5.32 Å². The summed E-state index contributed by atoms with van der Waals surface area (Å²) in [6, 6.07) is 6.90. The predicted molar refractivity (Wildman–Crippen MR) is 130 cm³/mol. The van der Waals surface area contributed by atoms with Gasteiger partial charge in [-0.05, 0) is 73.1 Å². The average molecular weight is 480 g/mol. The Labute approximate surface area is 199 Å². The first kappa shape index (κ1) is 22.8. The molecule has 178 valence electrons. The van der Waals surface area contributed by atoms with Crippen molar-refractivity contribution in [3.63, 3.8) is 0 Å². The summed E-state index contributed by atoms with van der Waals surface area (Å²) in [4.78, 5) is 25.4. The molecule has 0 spiro atoms. The number of carbonyl (C=O) groups is 2. The van der Waals surface area contributed by atoms with Crippen molar-refractivity contribution in [2.24, 2.45) is 11.8 Å². The lowest BCUT2D eigenvalue weighted by Crippen LogP contribution is -2.16. The van der Waals surface area contributed by atoms with Crippen molar-refractivity contribution in [1.29, 1.82) is 0 Å². The Morgan fingerprint density at radius 1 is 1.12 bits per heavy atom. The number of aromatic nitrogens is 2. The molecule has 0 aliphatic heterocycles. The van der Waals surface area contributed by atoms with Crippen LogP contribution in [0.2, 0.25) is 0 Å². The van der Waals surface area contributed by atoms with Gasteiger partial charge in [-0.2, -0.15) is 5.10 Å². The number of hydrogen-bond acceptors (Lipinski definition) is 5. The van der Waals surface area contributed by atoms with Crippen molar-refractivity contribution in [3.8, 4) is 0 Å². The Hall–Kier alpha value is -3.00. The molecule has 3 aliphatic carbocycles. The fourth-order valence-electron chi connectivity index (χ4n) is 4.50. The molecule has 2 aromatic rings. The van der Waals surface area contributed by atoms with Crippen LogP contribution in [-0.4, -0.2) is 36.1 Å². The SMILES string of the molecule is O=C1CC[C@H](/C=C(/C(=O)Nc2ccn[nH]2)c2ccc(S(=O)(=O)CC=CC3CC3)c(C3CC3)c2)C1. The molecule has 0 unspecified atom stereocenters. The molecule has 1 heterocycles. The second-order valence-electron chi connectivity index (χ2n) is 9.62. The highest BCUT2D eigenvalue weighted by Crippen LogP contribution is 2.44. The molecule has 3 fully saturated rings. The lowest BCUT2D eigenvalue weighted by molar-refractivity contribution is -0.117. The van der Waals surface area contributed by atoms with Gasteiger partial charge in [0.2, 0.25) is 0 Å². The van der Waals surface area contributed by atoms with Gasteiger partial charge in [0.1, 0.15) is 11.6 Å². The Bertz CT molecular complexity index is 1250. The number of Topliss-reactive ketones (excluding diaryl/α,β-unsaturated/α-hetero) is 1. The van der Waals surface area contributed by atoms with Gasteiger partial charge in [-0.3, -0.25) is 14.7 Å². The van der Waals surface area contributed by atoms with Gasteiger partial charge >= 0.3 is 0 Å². The topological polar surface area (TPSA) is 109 Å². The predicted octanol–water partition coefficient (Wildman–Crippen LogP) is 4.42. The van der Waals surface area contributed by atoms with Gasteiger partial charge in [0.15, 0.2) is 9.84 Å². The largest absolute Gasteiger partial charge is 0.307 e. The zero-order valence-corrected chi connectivity index (χ0v) is 19.8. The van der Waals surface area contributed by atoms with Crippen LogP contribution >= 0.6 is 0 Å². The summed E-state index contributed by atoms with van der Waals surface area (Å²) in [6.07, 6.45) is 13.0. The molecule has 1 atom stereocenters. The number of nitrogens with zero attached hydrogens (tertiary/aromatic N) is 1. The number of carbonyl (C=O) groups excluding carboxylic acids is 2. The fourth-order valence-corrected chi connectivity index (χ4v) is 5.91. The molecule has 3 saturated carbocycles. The molecule has 1 amide bonds. The first-order chi connectivity index (χ1) is 16.4. The maximum atomic E-state index is 13.2. The summed E-state index contributed by atoms with van der Waals surface area (Å²) in [6.45, 7) is 0. The zero-order valence-electron chi connectivity index (χ0n) is 19.0. The first-order valence-electron chi connectivity index (χ1n) is 12.0. The minimum Gasteiger partial charge on any atom is -0.307 e. The molecule has 7 nitrogen and oxygen atoms in total. The van der Waals surface area contributed by atoms with Gasteiger partial charge in [0.25, 0.3) is 5.91 Å². The fraction of sp³-hybridized carbons (Fsp3) is 0.423. The van der Waals surface area contributed by atoms with Crippen molar-refractivity contribution in [2.45, 2.75) is 55.8 Å². The van der Waals surface area contributed by atoms with Crippen molar-refractivity contribution in [2.75, 3.05) is 11.1 Å². The number of benzene rings is 1. The van der Waals surface area contributed by atoms with Gasteiger partial charge in [-0.25, -0.2) is 8.42 Å². The molecule has 8 heteroatoms. The number of H-pyrrole nitrogens is 1. The van der Waals surface area contributed by atoms with Crippen LogP contribution < -0.4 is 5.32 Å². The van der Waals surface area contributed by atoms with E-state index in [0.717, 1.165) is 37.7 Å². The van der Waals surface area contributed by atoms with Crippen molar-refractivity contribution >= 4 is 32.9 Å². The van der Waals surface area contributed by atoms with Gasteiger partial charge in [-0.15, -0.1) is 0 Å². The Morgan fingerprint density at radius 3 is 2.59 bits per heavy atom. The van der Waals surface area contributed by atoms with Crippen LogP contribution in [0.15, 0.2) is 53.6 Å². The Morgan fingerprint density at radius 2 is 1.94 bits per heavy atom. The first-order valence-corrected chi connectivity index (χ1v) is 13.6. The van der Waals surface area contributed by atoms with Crippen LogP contribution in [-0.2, 0) is 19.4 Å². The molecule has 1 aromatic heterocycles. The standard InChI is InChI=1S/C26H29N3O4S/c30-21-9-5-18(14-21)15-23(26(31)28-25-11-12-27-29-25)20-8-10-24(22(16-20)19-6-7-19)34(32,33)13-1-2-17-3-4-17/h1-2,8,10-12,15-19H,3-7,9,13-14H2,(H2,27,28,29,31)/b2-1?,23-15+/t18-/m0/s1. The van der Waals surface area contributed by atoms with E-state index in [2.05, 4.69) is 15.5 Å². The van der Waals surface area contributed by atoms with E-state index < -0.39 is 9.84 Å². The van der Waals surface area contributed by atoms with Gasteiger partial charge in [0, 0.05) is 24.5 Å². The molecule has 3 aliphatic rings. The van der Waals surface area contributed by atoms with E-state index in [-0.39, 0.29) is 29.3 Å². The number of rotatable bonds is 9. The van der Waals surface area contributed by atoms with Crippen LogP contribution in [0.5, 0.6) is 0 Å². The third-order valence-corrected chi connectivity index (χ3v) is 8.37. The summed E-state index contributed by atoms with van der Waals surface area (Å²) in [7, 11) is -3.46. The molecule has 0 bridgehead atoms. The van der Waals surface area contributed by atoms with Gasteiger partial charge in [0.05, 0.1) is 16.8 Å². The second-order valence-corrected chi connectivity index (χ2v) is 11.6. The molecule has 2 N–H and O–H groups in total. The summed E-state index contributed by atoms with van der Waals surface area (Å²) in [5.41, 5.74) is 1.92. The lowest BCUT2D eigenvalue weighted by Gasteiger charge is -2.15. The highest BCUT2D eigenvalue weighted by Gasteiger charge is 2.31. The Balaban J connectivity index is 1.48. The molecule has 5 rings (SSSR count). The Kier molecular flexibility index (Phi) is 6.25. The number of hydrogen-bond donors (Lipinski definition) is 2. The van der Waals surface area contributed by atoms with Crippen molar-refractivity contribution in [1.82, 2.24) is 10.2 Å². The highest BCUT2D eigenvalue weighted by atomic mass is 32.2. The van der Waals surface area contributed by atoms with Crippen LogP contribution in [0.1, 0.15) is 62.0 Å². The third kappa shape index (κ3) is 5.38. The van der Waals surface area contributed by atoms with Crippen LogP contribution in [0.4, 0.5) is 5.82 Å². The molecule has 1 aromatic carbocycles. The van der Waals surface area contributed by atoms with E-state index in [1.807, 2.05) is 18.2 Å². The van der Waals surface area contributed by atoms with E-state index in [1.165, 1.54) is 0 Å². The number of nitrogens with one attached hydrogen (secondary N) is 2. The van der Waals surface area contributed by atoms with Crippen molar-refractivity contribution in [3.05, 3.63) is 59.8 Å². The third-order valence-electron chi connectivity index (χ3n) is 6.70. The highest BCUT2D eigenvalue weighted by molar-refractivity contribution is 7.91. The van der Waals surface area contributed by atoms with E-state index in [9.17, 15) is 18.0 Å². The second kappa shape index (κ2) is 9.33. The monoisotopic (exact) mass is 479 g/mol. The van der Waals surface area contributed by atoms with Crippen molar-refractivity contribution < 1.29 is 18.0 Å². The molecule has 0 saturated heterocycles. The average Bonchev–Trinajstić information content (AvgIpc) is 3.73. The molecule has 0 radical (unpaired) electrons. The van der Waals surface area contributed by atoms with E-state index in [0.29, 0.717) is 40.6 Å². The molecular formula is C26H29N3O4S. The summed E-state index contributed by atoms with van der Waals surface area (Å²) < 4.78 is 26.3.